The van der Waals surface area contributed by atoms with Gasteiger partial charge in [0, 0.05) is 13.5 Å². The Labute approximate surface area is 122 Å². The normalized spacial score (nSPS) is 24.8. The molecule has 0 aliphatic carbocycles. The molecule has 1 aromatic carbocycles. The average Bonchev–Trinajstić information content (AvgIpc) is 2.88. The van der Waals surface area contributed by atoms with Crippen LogP contribution in [0.25, 0.3) is 0 Å². The van der Waals surface area contributed by atoms with E-state index in [9.17, 15) is 14.4 Å². The van der Waals surface area contributed by atoms with Crippen LogP contribution >= 0.6 is 0 Å². The van der Waals surface area contributed by atoms with Crippen molar-refractivity contribution < 1.29 is 14.4 Å². The first-order chi connectivity index (χ1) is 10.1. The SMILES string of the molecule is CC(=O)N1CC[C@H]2NC(=O)N(Cc3ccccc3)C(=O)[C@H]21. The summed E-state index contributed by atoms with van der Waals surface area (Å²) >= 11 is 0. The Hall–Kier alpha value is -2.37. The number of carbonyl (C=O) groups excluding carboxylic acids is 3. The Balaban J connectivity index is 1.83. The molecule has 2 saturated heterocycles. The highest BCUT2D eigenvalue weighted by atomic mass is 16.2. The molecule has 1 aromatic rings. The summed E-state index contributed by atoms with van der Waals surface area (Å²) in [7, 11) is 0. The standard InChI is InChI=1S/C15H17N3O3/c1-10(19)17-8-7-12-13(17)14(20)18(15(21)16-12)9-11-5-3-2-4-6-11/h2-6,12-13H,7-9H2,1H3,(H,16,21)/t12-,13+/m1/s1. The summed E-state index contributed by atoms with van der Waals surface area (Å²) in [5, 5.41) is 2.84. The van der Waals surface area contributed by atoms with Crippen LogP contribution in [-0.4, -0.2) is 46.3 Å². The summed E-state index contributed by atoms with van der Waals surface area (Å²) < 4.78 is 0. The zero-order valence-corrected chi connectivity index (χ0v) is 11.8. The van der Waals surface area contributed by atoms with Crippen LogP contribution in [0.3, 0.4) is 0 Å². The zero-order chi connectivity index (χ0) is 15.0. The number of nitrogens with zero attached hydrogens (tertiary/aromatic N) is 2. The number of nitrogens with one attached hydrogen (secondary N) is 1. The van der Waals surface area contributed by atoms with E-state index in [1.54, 1.807) is 4.90 Å². The predicted octanol–water partition coefficient (Wildman–Crippen LogP) is 0.728. The number of hydrogen-bond donors (Lipinski definition) is 1. The minimum Gasteiger partial charge on any atom is -0.332 e. The van der Waals surface area contributed by atoms with Crippen LogP contribution in [0.1, 0.15) is 18.9 Å². The number of imide groups is 1. The lowest BCUT2D eigenvalue weighted by molar-refractivity contribution is -0.143. The van der Waals surface area contributed by atoms with Crippen LogP contribution in [0.5, 0.6) is 0 Å². The summed E-state index contributed by atoms with van der Waals surface area (Å²) in [5.74, 6) is -0.424. The highest BCUT2D eigenvalue weighted by Gasteiger charge is 2.48. The van der Waals surface area contributed by atoms with E-state index in [0.717, 1.165) is 5.56 Å². The molecule has 0 radical (unpaired) electrons. The summed E-state index contributed by atoms with van der Waals surface area (Å²) in [5.41, 5.74) is 0.881. The fourth-order valence-electron chi connectivity index (χ4n) is 3.01. The molecule has 4 amide bonds. The summed E-state index contributed by atoms with van der Waals surface area (Å²) in [6.07, 6.45) is 0.626. The van der Waals surface area contributed by atoms with Gasteiger partial charge in [0.15, 0.2) is 0 Å². The van der Waals surface area contributed by atoms with E-state index in [-0.39, 0.29) is 30.4 Å². The zero-order valence-electron chi connectivity index (χ0n) is 11.8. The molecule has 21 heavy (non-hydrogen) atoms. The first-order valence-electron chi connectivity index (χ1n) is 7.01. The van der Waals surface area contributed by atoms with Gasteiger partial charge in [0.1, 0.15) is 6.04 Å². The lowest BCUT2D eigenvalue weighted by Gasteiger charge is -2.36. The van der Waals surface area contributed by atoms with Crippen LogP contribution in [0.4, 0.5) is 4.79 Å². The molecule has 0 saturated carbocycles. The molecule has 0 spiro atoms. The number of urea groups is 1. The second-order valence-electron chi connectivity index (χ2n) is 5.41. The first kappa shape index (κ1) is 13.6. The number of benzene rings is 1. The van der Waals surface area contributed by atoms with Crippen LogP contribution in [0, 0.1) is 0 Å². The largest absolute Gasteiger partial charge is 0.332 e. The van der Waals surface area contributed by atoms with Gasteiger partial charge in [-0.15, -0.1) is 0 Å². The number of rotatable bonds is 2. The maximum Gasteiger partial charge on any atom is 0.324 e. The predicted molar refractivity (Wildman–Crippen MR) is 75.1 cm³/mol. The van der Waals surface area contributed by atoms with Crippen LogP contribution in [0.15, 0.2) is 30.3 Å². The van der Waals surface area contributed by atoms with Gasteiger partial charge in [0.05, 0.1) is 12.6 Å². The molecule has 110 valence electrons. The number of likely N-dealkylation sites (tertiary alicyclic amines) is 1. The fourth-order valence-corrected chi connectivity index (χ4v) is 3.01. The molecule has 1 N–H and O–H groups in total. The van der Waals surface area contributed by atoms with Crippen molar-refractivity contribution >= 4 is 17.8 Å². The highest BCUT2D eigenvalue weighted by molar-refractivity contribution is 6.02. The number of amides is 4. The number of fused-ring (bicyclic) bond motifs is 1. The third kappa shape index (κ3) is 2.37. The average molecular weight is 287 g/mol. The van der Waals surface area contributed by atoms with Crippen LogP contribution < -0.4 is 5.32 Å². The van der Waals surface area contributed by atoms with E-state index in [2.05, 4.69) is 5.32 Å². The molecular weight excluding hydrogens is 270 g/mol. The third-order valence-corrected chi connectivity index (χ3v) is 4.06. The first-order valence-corrected chi connectivity index (χ1v) is 7.01. The molecule has 6 heteroatoms. The monoisotopic (exact) mass is 287 g/mol. The van der Waals surface area contributed by atoms with Crippen molar-refractivity contribution in [1.82, 2.24) is 15.1 Å². The van der Waals surface area contributed by atoms with E-state index in [1.165, 1.54) is 11.8 Å². The van der Waals surface area contributed by atoms with Crippen molar-refractivity contribution in [2.45, 2.75) is 32.0 Å². The molecular formula is C15H17N3O3. The molecule has 6 nitrogen and oxygen atoms in total. The summed E-state index contributed by atoms with van der Waals surface area (Å²) in [6.45, 7) is 2.18. The molecule has 2 aliphatic rings. The van der Waals surface area contributed by atoms with Gasteiger partial charge in [-0.25, -0.2) is 4.79 Å². The van der Waals surface area contributed by atoms with Crippen molar-refractivity contribution in [2.24, 2.45) is 0 Å². The Morgan fingerprint density at radius 1 is 1.29 bits per heavy atom. The van der Waals surface area contributed by atoms with Gasteiger partial charge in [-0.05, 0) is 12.0 Å². The van der Waals surface area contributed by atoms with Crippen molar-refractivity contribution in [3.8, 4) is 0 Å². The Morgan fingerprint density at radius 2 is 2.00 bits per heavy atom. The maximum absolute atomic E-state index is 12.6. The van der Waals surface area contributed by atoms with E-state index in [0.29, 0.717) is 13.0 Å². The van der Waals surface area contributed by atoms with Crippen molar-refractivity contribution in [3.63, 3.8) is 0 Å². The Kier molecular flexibility index (Phi) is 3.37. The van der Waals surface area contributed by atoms with E-state index >= 15 is 0 Å². The number of carbonyl (C=O) groups is 3. The summed E-state index contributed by atoms with van der Waals surface area (Å²) in [4.78, 5) is 39.1. The van der Waals surface area contributed by atoms with Gasteiger partial charge in [0.25, 0.3) is 5.91 Å². The second kappa shape index (κ2) is 5.20. The minimum atomic E-state index is -0.566. The van der Waals surface area contributed by atoms with Gasteiger partial charge in [-0.3, -0.25) is 14.5 Å². The van der Waals surface area contributed by atoms with Gasteiger partial charge in [-0.2, -0.15) is 0 Å². The molecule has 2 atom stereocenters. The minimum absolute atomic E-state index is 0.133. The lowest BCUT2D eigenvalue weighted by Crippen LogP contribution is -2.64. The lowest BCUT2D eigenvalue weighted by atomic mass is 10.0. The van der Waals surface area contributed by atoms with E-state index in [4.69, 9.17) is 0 Å². The number of hydrogen-bond acceptors (Lipinski definition) is 3. The molecule has 0 unspecified atom stereocenters. The van der Waals surface area contributed by atoms with Gasteiger partial charge < -0.3 is 10.2 Å². The van der Waals surface area contributed by atoms with Gasteiger partial charge in [-0.1, -0.05) is 30.3 Å². The van der Waals surface area contributed by atoms with E-state index < -0.39 is 6.04 Å². The second-order valence-corrected chi connectivity index (χ2v) is 5.41. The molecule has 2 heterocycles. The smallest absolute Gasteiger partial charge is 0.324 e. The fraction of sp³-hybridized carbons (Fsp3) is 0.400. The quantitative estimate of drug-likeness (QED) is 0.871. The Bertz CT molecular complexity index is 587. The molecule has 0 bridgehead atoms. The molecule has 3 rings (SSSR count). The highest BCUT2D eigenvalue weighted by Crippen LogP contribution is 2.25. The van der Waals surface area contributed by atoms with Crippen molar-refractivity contribution in [2.75, 3.05) is 6.54 Å². The van der Waals surface area contributed by atoms with Crippen molar-refractivity contribution in [1.29, 1.82) is 0 Å². The summed E-state index contributed by atoms with van der Waals surface area (Å²) in [6, 6.07) is 8.13. The van der Waals surface area contributed by atoms with Crippen LogP contribution in [-0.2, 0) is 16.1 Å². The topological polar surface area (TPSA) is 69.7 Å². The Morgan fingerprint density at radius 3 is 2.67 bits per heavy atom. The van der Waals surface area contributed by atoms with Gasteiger partial charge >= 0.3 is 6.03 Å². The molecule has 2 fully saturated rings. The van der Waals surface area contributed by atoms with Gasteiger partial charge in [0.2, 0.25) is 5.91 Å². The third-order valence-electron chi connectivity index (χ3n) is 4.06. The van der Waals surface area contributed by atoms with E-state index in [1.807, 2.05) is 30.3 Å². The van der Waals surface area contributed by atoms with Crippen LogP contribution in [0.2, 0.25) is 0 Å². The molecule has 2 aliphatic heterocycles. The van der Waals surface area contributed by atoms with Crippen molar-refractivity contribution in [3.05, 3.63) is 35.9 Å². The molecule has 0 aromatic heterocycles. The maximum atomic E-state index is 12.6.